The molecule has 0 saturated carbocycles. The van der Waals surface area contributed by atoms with Crippen molar-refractivity contribution in [3.05, 3.63) is 99.9 Å². The fourth-order valence-electron chi connectivity index (χ4n) is 3.14. The second-order valence-corrected chi connectivity index (χ2v) is 11.2. The predicted molar refractivity (Wildman–Crippen MR) is 148 cm³/mol. The van der Waals surface area contributed by atoms with Crippen LogP contribution < -0.4 is 4.74 Å². The zero-order valence-electron chi connectivity index (χ0n) is 16.6. The fraction of sp³-hybridized carbons (Fsp3) is 0.0833. The number of nitrogens with zero attached hydrogens (tertiary/aromatic N) is 1. The lowest BCUT2D eigenvalue weighted by Gasteiger charge is -2.14. The number of carbonyl (C=O) groups excluding carboxylic acids is 2. The average Bonchev–Trinajstić information content (AvgIpc) is 3.02. The van der Waals surface area contributed by atoms with Gasteiger partial charge in [0.1, 0.15) is 12.4 Å². The lowest BCUT2D eigenvalue weighted by molar-refractivity contribution is -0.123. The van der Waals surface area contributed by atoms with Crippen LogP contribution >= 0.6 is 72.9 Å². The first-order chi connectivity index (χ1) is 15.4. The third-order valence-electron chi connectivity index (χ3n) is 4.71. The molecule has 3 aromatic rings. The second-order valence-electron chi connectivity index (χ2n) is 6.94. The highest BCUT2D eigenvalue weighted by atomic mass is 127. The topological polar surface area (TPSA) is 46.6 Å². The van der Waals surface area contributed by atoms with Crippen LogP contribution in [0.25, 0.3) is 6.08 Å². The fourth-order valence-corrected chi connectivity index (χ4v) is 6.43. The van der Waals surface area contributed by atoms with Gasteiger partial charge in [-0.15, -0.1) is 0 Å². The van der Waals surface area contributed by atoms with Gasteiger partial charge in [0, 0.05) is 13.6 Å². The van der Waals surface area contributed by atoms with Gasteiger partial charge in [-0.2, -0.15) is 0 Å². The van der Waals surface area contributed by atoms with Crippen molar-refractivity contribution in [1.29, 1.82) is 0 Å². The molecule has 2 amide bonds. The number of amides is 2. The van der Waals surface area contributed by atoms with Crippen LogP contribution in [0.4, 0.5) is 4.79 Å². The SMILES string of the molecule is O=C1S/C(=C\c2cc(I)cc(I)c2OCc2ccccc2)C(=O)N1Cc1ccccc1Br. The third-order valence-corrected chi connectivity index (χ3v) is 7.81. The minimum atomic E-state index is -0.293. The predicted octanol–water partition coefficient (Wildman–Crippen LogP) is 7.47. The lowest BCUT2D eigenvalue weighted by atomic mass is 10.1. The summed E-state index contributed by atoms with van der Waals surface area (Å²) in [5.74, 6) is 0.408. The largest absolute Gasteiger partial charge is 0.487 e. The summed E-state index contributed by atoms with van der Waals surface area (Å²) in [6.07, 6.45) is 1.76. The van der Waals surface area contributed by atoms with E-state index in [1.165, 1.54) is 4.90 Å². The molecule has 1 fully saturated rings. The number of imide groups is 1. The molecule has 1 saturated heterocycles. The number of thioether (sulfide) groups is 1. The van der Waals surface area contributed by atoms with Crippen LogP contribution in [0.3, 0.4) is 0 Å². The van der Waals surface area contributed by atoms with Gasteiger partial charge < -0.3 is 4.74 Å². The van der Waals surface area contributed by atoms with Crippen molar-refractivity contribution in [1.82, 2.24) is 4.90 Å². The van der Waals surface area contributed by atoms with E-state index in [0.717, 1.165) is 40.1 Å². The van der Waals surface area contributed by atoms with E-state index in [-0.39, 0.29) is 17.7 Å². The Morgan fingerprint density at radius 1 is 1.00 bits per heavy atom. The summed E-state index contributed by atoms with van der Waals surface area (Å²) < 4.78 is 8.98. The molecule has 8 heteroatoms. The maximum atomic E-state index is 13.1. The molecule has 0 radical (unpaired) electrons. The van der Waals surface area contributed by atoms with Gasteiger partial charge in [-0.25, -0.2) is 0 Å². The van der Waals surface area contributed by atoms with Crippen molar-refractivity contribution >= 4 is 90.1 Å². The summed E-state index contributed by atoms with van der Waals surface area (Å²) >= 11 is 8.93. The first-order valence-corrected chi connectivity index (χ1v) is 13.3. The first kappa shape index (κ1) is 23.8. The number of halogens is 3. The summed E-state index contributed by atoms with van der Waals surface area (Å²) in [6, 6.07) is 21.5. The molecule has 4 rings (SSSR count). The standard InChI is InChI=1S/C24H16BrI2NO3S/c25-19-9-5-4-8-16(19)13-28-23(29)21(32-24(28)30)11-17-10-18(26)12-20(27)22(17)31-14-15-6-2-1-3-7-15/h1-12H,13-14H2/b21-11-. The smallest absolute Gasteiger partial charge is 0.293 e. The van der Waals surface area contributed by atoms with Gasteiger partial charge in [-0.1, -0.05) is 64.5 Å². The molecule has 0 aromatic heterocycles. The minimum Gasteiger partial charge on any atom is -0.487 e. The molecule has 1 aliphatic rings. The van der Waals surface area contributed by atoms with Crippen molar-refractivity contribution in [2.75, 3.05) is 0 Å². The van der Waals surface area contributed by atoms with E-state index in [0.29, 0.717) is 17.3 Å². The maximum Gasteiger partial charge on any atom is 0.293 e. The zero-order chi connectivity index (χ0) is 22.7. The molecule has 0 aliphatic carbocycles. The van der Waals surface area contributed by atoms with E-state index < -0.39 is 0 Å². The molecule has 0 N–H and O–H groups in total. The van der Waals surface area contributed by atoms with Crippen molar-refractivity contribution < 1.29 is 14.3 Å². The van der Waals surface area contributed by atoms with Crippen molar-refractivity contribution in [3.8, 4) is 5.75 Å². The monoisotopic (exact) mass is 731 g/mol. The van der Waals surface area contributed by atoms with Gasteiger partial charge in [0.05, 0.1) is 15.0 Å². The quantitative estimate of drug-likeness (QED) is 0.195. The van der Waals surface area contributed by atoms with E-state index in [1.807, 2.05) is 66.7 Å². The molecular weight excluding hydrogens is 716 g/mol. The number of hydrogen-bond donors (Lipinski definition) is 0. The number of hydrogen-bond acceptors (Lipinski definition) is 4. The van der Waals surface area contributed by atoms with E-state index >= 15 is 0 Å². The highest BCUT2D eigenvalue weighted by Crippen LogP contribution is 2.37. The molecular formula is C24H16BrI2NO3S. The highest BCUT2D eigenvalue weighted by molar-refractivity contribution is 14.1. The first-order valence-electron chi connectivity index (χ1n) is 9.57. The van der Waals surface area contributed by atoms with Crippen molar-refractivity contribution in [2.24, 2.45) is 0 Å². The molecule has 0 spiro atoms. The molecule has 1 heterocycles. The highest BCUT2D eigenvalue weighted by Gasteiger charge is 2.35. The van der Waals surface area contributed by atoms with Gasteiger partial charge in [0.2, 0.25) is 0 Å². The molecule has 0 bridgehead atoms. The van der Waals surface area contributed by atoms with Gasteiger partial charge in [0.15, 0.2) is 0 Å². The van der Waals surface area contributed by atoms with Crippen LogP contribution in [0.1, 0.15) is 16.7 Å². The lowest BCUT2D eigenvalue weighted by Crippen LogP contribution is -2.27. The Labute approximate surface area is 226 Å². The van der Waals surface area contributed by atoms with Crippen LogP contribution in [-0.2, 0) is 17.9 Å². The molecule has 4 nitrogen and oxygen atoms in total. The number of benzene rings is 3. The van der Waals surface area contributed by atoms with Gasteiger partial charge >= 0.3 is 0 Å². The molecule has 3 aromatic carbocycles. The van der Waals surface area contributed by atoms with Crippen LogP contribution in [0.15, 0.2) is 76.1 Å². The summed E-state index contributed by atoms with van der Waals surface area (Å²) in [7, 11) is 0. The molecule has 162 valence electrons. The van der Waals surface area contributed by atoms with E-state index in [9.17, 15) is 9.59 Å². The number of rotatable bonds is 6. The Bertz CT molecular complexity index is 1220. The molecule has 32 heavy (non-hydrogen) atoms. The van der Waals surface area contributed by atoms with Crippen molar-refractivity contribution in [2.45, 2.75) is 13.2 Å². The normalized spacial score (nSPS) is 15.0. The van der Waals surface area contributed by atoms with Crippen LogP contribution in [0.5, 0.6) is 5.75 Å². The Balaban J connectivity index is 1.61. The Morgan fingerprint density at radius 3 is 2.47 bits per heavy atom. The van der Waals surface area contributed by atoms with E-state index in [4.69, 9.17) is 4.74 Å². The van der Waals surface area contributed by atoms with Crippen LogP contribution in [0, 0.1) is 7.14 Å². The van der Waals surface area contributed by atoms with Crippen molar-refractivity contribution in [3.63, 3.8) is 0 Å². The second kappa shape index (κ2) is 10.7. The summed E-state index contributed by atoms with van der Waals surface area (Å²) in [6.45, 7) is 0.645. The third kappa shape index (κ3) is 5.57. The maximum absolute atomic E-state index is 13.1. The molecule has 0 unspecified atom stereocenters. The Kier molecular flexibility index (Phi) is 7.95. The summed E-state index contributed by atoms with van der Waals surface area (Å²) in [5, 5.41) is -0.274. The molecule has 1 aliphatic heterocycles. The Hall–Kier alpha value is -1.37. The average molecular weight is 732 g/mol. The van der Waals surface area contributed by atoms with Crippen LogP contribution in [0.2, 0.25) is 0 Å². The number of ether oxygens (including phenoxy) is 1. The summed E-state index contributed by atoms with van der Waals surface area (Å²) in [5.41, 5.74) is 2.72. The molecule has 0 atom stereocenters. The zero-order valence-corrected chi connectivity index (χ0v) is 23.3. The minimum absolute atomic E-state index is 0.227. The van der Waals surface area contributed by atoms with Gasteiger partial charge in [-0.3, -0.25) is 14.5 Å². The number of carbonyl (C=O) groups is 2. The Morgan fingerprint density at radius 2 is 1.72 bits per heavy atom. The van der Waals surface area contributed by atoms with Crippen LogP contribution in [-0.4, -0.2) is 16.0 Å². The van der Waals surface area contributed by atoms with Gasteiger partial charge in [-0.05, 0) is 92.3 Å². The summed E-state index contributed by atoms with van der Waals surface area (Å²) in [4.78, 5) is 27.3. The van der Waals surface area contributed by atoms with E-state index in [1.54, 1.807) is 6.08 Å². The van der Waals surface area contributed by atoms with Gasteiger partial charge in [0.25, 0.3) is 11.1 Å². The van der Waals surface area contributed by atoms with E-state index in [2.05, 4.69) is 61.1 Å².